The van der Waals surface area contributed by atoms with Gasteiger partial charge in [-0.25, -0.2) is 0 Å². The van der Waals surface area contributed by atoms with Gasteiger partial charge in [0.1, 0.15) is 0 Å². The third-order valence-electron chi connectivity index (χ3n) is 3.54. The zero-order chi connectivity index (χ0) is 13.8. The highest BCUT2D eigenvalue weighted by Gasteiger charge is 2.22. The number of rotatable bonds is 3. The van der Waals surface area contributed by atoms with Crippen LogP contribution in [0.3, 0.4) is 0 Å². The van der Waals surface area contributed by atoms with E-state index in [1.165, 1.54) is 11.7 Å². The Bertz CT molecular complexity index is 550. The highest BCUT2D eigenvalue weighted by molar-refractivity contribution is 6.99. The second-order valence-electron chi connectivity index (χ2n) is 4.87. The molecule has 3 rings (SSSR count). The highest BCUT2D eigenvalue weighted by atomic mass is 32.1. The van der Waals surface area contributed by atoms with Gasteiger partial charge in [0, 0.05) is 24.7 Å². The van der Waals surface area contributed by atoms with Crippen molar-refractivity contribution in [2.45, 2.75) is 18.9 Å². The summed E-state index contributed by atoms with van der Waals surface area (Å²) in [7, 11) is 0. The van der Waals surface area contributed by atoms with E-state index in [4.69, 9.17) is 0 Å². The van der Waals surface area contributed by atoms with Crippen molar-refractivity contribution < 1.29 is 4.79 Å². The number of amides is 1. The number of aromatic nitrogens is 2. The molecule has 20 heavy (non-hydrogen) atoms. The molecule has 1 aliphatic heterocycles. The summed E-state index contributed by atoms with van der Waals surface area (Å²) in [5.41, 5.74) is 0.721. The first-order valence-corrected chi connectivity index (χ1v) is 7.44. The lowest BCUT2D eigenvalue weighted by Crippen LogP contribution is -2.44. The Morgan fingerprint density at radius 3 is 2.65 bits per heavy atom. The Morgan fingerprint density at radius 1 is 1.25 bits per heavy atom. The Morgan fingerprint density at radius 2 is 2.00 bits per heavy atom. The van der Waals surface area contributed by atoms with Crippen molar-refractivity contribution in [1.82, 2.24) is 14.1 Å². The molecule has 0 atom stereocenters. The molecule has 5 nitrogen and oxygen atoms in total. The fraction of sp³-hybridized carbons (Fsp3) is 0.357. The van der Waals surface area contributed by atoms with Crippen LogP contribution >= 0.6 is 11.7 Å². The van der Waals surface area contributed by atoms with Crippen LogP contribution in [0.2, 0.25) is 0 Å². The third kappa shape index (κ3) is 2.96. The molecule has 2 aromatic rings. The van der Waals surface area contributed by atoms with Crippen LogP contribution in [-0.2, 0) is 0 Å². The van der Waals surface area contributed by atoms with Gasteiger partial charge in [0.15, 0.2) is 5.82 Å². The lowest BCUT2D eigenvalue weighted by molar-refractivity contribution is 0.0931. The zero-order valence-electron chi connectivity index (χ0n) is 11.0. The third-order valence-corrected chi connectivity index (χ3v) is 4.01. The molecule has 0 unspecified atom stereocenters. The molecule has 1 aliphatic rings. The lowest BCUT2D eigenvalue weighted by Gasteiger charge is -2.32. The Labute approximate surface area is 122 Å². The topological polar surface area (TPSA) is 58.1 Å². The molecule has 6 heteroatoms. The first-order valence-electron chi connectivity index (χ1n) is 6.71. The van der Waals surface area contributed by atoms with Gasteiger partial charge >= 0.3 is 0 Å². The van der Waals surface area contributed by atoms with E-state index in [1.54, 1.807) is 6.20 Å². The van der Waals surface area contributed by atoms with Gasteiger partial charge in [0.2, 0.25) is 0 Å². The largest absolute Gasteiger partial charge is 0.354 e. The van der Waals surface area contributed by atoms with E-state index < -0.39 is 0 Å². The number of hydrogen-bond acceptors (Lipinski definition) is 5. The smallest absolute Gasteiger partial charge is 0.251 e. The van der Waals surface area contributed by atoms with Gasteiger partial charge in [0.25, 0.3) is 5.91 Å². The number of nitrogens with zero attached hydrogens (tertiary/aromatic N) is 3. The standard InChI is InChI=1S/C14H16N4OS/c19-14(11-4-2-1-3-5-11)16-12-6-8-18(9-7-12)13-10-15-20-17-13/h1-5,10,12H,6-9H2,(H,16,19). The van der Waals surface area contributed by atoms with Crippen molar-refractivity contribution in [1.29, 1.82) is 0 Å². The van der Waals surface area contributed by atoms with Gasteiger partial charge in [-0.2, -0.15) is 8.75 Å². The molecule has 0 bridgehead atoms. The van der Waals surface area contributed by atoms with E-state index in [1.807, 2.05) is 30.3 Å². The fourth-order valence-electron chi connectivity index (χ4n) is 2.41. The van der Waals surface area contributed by atoms with Crippen LogP contribution in [0.4, 0.5) is 5.82 Å². The second-order valence-corrected chi connectivity index (χ2v) is 5.42. The zero-order valence-corrected chi connectivity index (χ0v) is 11.8. The van der Waals surface area contributed by atoms with E-state index in [-0.39, 0.29) is 11.9 Å². The molecular formula is C14H16N4OS. The van der Waals surface area contributed by atoms with Crippen LogP contribution in [-0.4, -0.2) is 33.8 Å². The van der Waals surface area contributed by atoms with E-state index in [0.717, 1.165) is 37.3 Å². The van der Waals surface area contributed by atoms with Crippen molar-refractivity contribution in [2.75, 3.05) is 18.0 Å². The molecule has 1 saturated heterocycles. The second kappa shape index (κ2) is 6.00. The minimum absolute atomic E-state index is 0.0133. The van der Waals surface area contributed by atoms with Crippen molar-refractivity contribution in [2.24, 2.45) is 0 Å². The van der Waals surface area contributed by atoms with Crippen LogP contribution in [0.5, 0.6) is 0 Å². The minimum atomic E-state index is 0.0133. The Hall–Kier alpha value is -1.95. The van der Waals surface area contributed by atoms with E-state index >= 15 is 0 Å². The maximum atomic E-state index is 12.1. The maximum Gasteiger partial charge on any atom is 0.251 e. The highest BCUT2D eigenvalue weighted by Crippen LogP contribution is 2.18. The minimum Gasteiger partial charge on any atom is -0.354 e. The van der Waals surface area contributed by atoms with Gasteiger partial charge in [-0.15, -0.1) is 0 Å². The van der Waals surface area contributed by atoms with Gasteiger partial charge in [-0.05, 0) is 25.0 Å². The Kier molecular flexibility index (Phi) is 3.92. The van der Waals surface area contributed by atoms with Crippen LogP contribution in [0.15, 0.2) is 36.5 Å². The molecule has 0 saturated carbocycles. The SMILES string of the molecule is O=C(NC1CCN(c2cnsn2)CC1)c1ccccc1. The summed E-state index contributed by atoms with van der Waals surface area (Å²) in [4.78, 5) is 14.3. The van der Waals surface area contributed by atoms with Crippen molar-refractivity contribution >= 4 is 23.5 Å². The molecular weight excluding hydrogens is 272 g/mol. The molecule has 0 spiro atoms. The van der Waals surface area contributed by atoms with Gasteiger partial charge in [-0.3, -0.25) is 4.79 Å². The molecule has 0 aliphatic carbocycles. The maximum absolute atomic E-state index is 12.1. The van der Waals surface area contributed by atoms with Crippen LogP contribution in [0.1, 0.15) is 23.2 Å². The number of piperidine rings is 1. The molecule has 0 radical (unpaired) electrons. The number of anilines is 1. The van der Waals surface area contributed by atoms with Crippen LogP contribution in [0, 0.1) is 0 Å². The molecule has 1 amide bonds. The molecule has 1 fully saturated rings. The molecule has 1 aromatic carbocycles. The average molecular weight is 288 g/mol. The summed E-state index contributed by atoms with van der Waals surface area (Å²) >= 11 is 1.23. The van der Waals surface area contributed by atoms with Crippen LogP contribution in [0.25, 0.3) is 0 Å². The first-order chi connectivity index (χ1) is 9.83. The van der Waals surface area contributed by atoms with Crippen molar-refractivity contribution in [3.05, 3.63) is 42.1 Å². The predicted molar refractivity (Wildman–Crippen MR) is 79.1 cm³/mol. The quantitative estimate of drug-likeness (QED) is 0.937. The summed E-state index contributed by atoms with van der Waals surface area (Å²) in [6.45, 7) is 1.82. The number of carbonyl (C=O) groups is 1. The number of carbonyl (C=O) groups excluding carboxylic acids is 1. The first kappa shape index (κ1) is 13.1. The van der Waals surface area contributed by atoms with E-state index in [9.17, 15) is 4.79 Å². The number of nitrogens with one attached hydrogen (secondary N) is 1. The summed E-state index contributed by atoms with van der Waals surface area (Å²) in [6, 6.07) is 9.60. The molecule has 2 heterocycles. The van der Waals surface area contributed by atoms with Crippen molar-refractivity contribution in [3.8, 4) is 0 Å². The lowest BCUT2D eigenvalue weighted by atomic mass is 10.0. The number of benzene rings is 1. The summed E-state index contributed by atoms with van der Waals surface area (Å²) in [5.74, 6) is 0.960. The average Bonchev–Trinajstić information content (AvgIpc) is 3.03. The van der Waals surface area contributed by atoms with Gasteiger partial charge < -0.3 is 10.2 Å². The molecule has 1 aromatic heterocycles. The van der Waals surface area contributed by atoms with Gasteiger partial charge in [0.05, 0.1) is 17.9 Å². The summed E-state index contributed by atoms with van der Waals surface area (Å²) in [6.07, 6.45) is 3.68. The van der Waals surface area contributed by atoms with Crippen molar-refractivity contribution in [3.63, 3.8) is 0 Å². The summed E-state index contributed by atoms with van der Waals surface area (Å²) in [5, 5.41) is 3.10. The fourth-order valence-corrected chi connectivity index (χ4v) is 2.85. The van der Waals surface area contributed by atoms with Gasteiger partial charge in [-0.1, -0.05) is 18.2 Å². The predicted octanol–water partition coefficient (Wildman–Crippen LogP) is 1.94. The molecule has 104 valence electrons. The van der Waals surface area contributed by atoms with Crippen LogP contribution < -0.4 is 10.2 Å². The molecule has 1 N–H and O–H groups in total. The Balaban J connectivity index is 1.53. The monoisotopic (exact) mass is 288 g/mol. The number of hydrogen-bond donors (Lipinski definition) is 1. The summed E-state index contributed by atoms with van der Waals surface area (Å²) < 4.78 is 8.27. The van der Waals surface area contributed by atoms with E-state index in [2.05, 4.69) is 19.0 Å². The normalized spacial score (nSPS) is 16.1. The van der Waals surface area contributed by atoms with E-state index in [0.29, 0.717) is 0 Å².